The van der Waals surface area contributed by atoms with Crippen LogP contribution in [0.4, 0.5) is 5.82 Å². The molecule has 0 aliphatic rings. The third-order valence-electron chi connectivity index (χ3n) is 5.81. The van der Waals surface area contributed by atoms with Crippen molar-refractivity contribution in [1.82, 2.24) is 4.98 Å². The molecule has 4 aromatic rings. The van der Waals surface area contributed by atoms with Crippen molar-refractivity contribution < 1.29 is 13.9 Å². The van der Waals surface area contributed by atoms with Gasteiger partial charge in [0, 0.05) is 12.0 Å². The van der Waals surface area contributed by atoms with Crippen LogP contribution in [-0.4, -0.2) is 25.7 Å². The van der Waals surface area contributed by atoms with Crippen molar-refractivity contribution in [2.45, 2.75) is 26.7 Å². The minimum Gasteiger partial charge on any atom is -0.493 e. The molecule has 0 aliphatic carbocycles. The van der Waals surface area contributed by atoms with E-state index in [1.807, 2.05) is 37.3 Å². The SMILES string of the molecule is CCc1c(C)c(C#N)c2[nH]c3ccccc3[n+]2c1NCCc1ccc(OC)c(OC)c1. The second-order valence-corrected chi connectivity index (χ2v) is 7.48. The number of ether oxygens (including phenoxy) is 2. The molecular weight excluding hydrogens is 388 g/mol. The number of anilines is 1. The monoisotopic (exact) mass is 415 g/mol. The van der Waals surface area contributed by atoms with E-state index >= 15 is 0 Å². The van der Waals surface area contributed by atoms with Gasteiger partial charge in [-0.3, -0.25) is 4.98 Å². The number of nitrogens with one attached hydrogen (secondary N) is 2. The van der Waals surface area contributed by atoms with E-state index in [1.165, 1.54) is 0 Å². The summed E-state index contributed by atoms with van der Waals surface area (Å²) < 4.78 is 12.9. The highest BCUT2D eigenvalue weighted by Crippen LogP contribution is 2.28. The molecule has 2 aromatic heterocycles. The predicted molar refractivity (Wildman–Crippen MR) is 122 cm³/mol. The van der Waals surface area contributed by atoms with Crippen LogP contribution in [0.15, 0.2) is 42.5 Å². The van der Waals surface area contributed by atoms with Gasteiger partial charge in [-0.2, -0.15) is 9.66 Å². The number of H-pyrrole nitrogens is 1. The zero-order valence-corrected chi connectivity index (χ0v) is 18.4. The van der Waals surface area contributed by atoms with Crippen LogP contribution in [0.2, 0.25) is 0 Å². The number of pyridine rings is 1. The average molecular weight is 416 g/mol. The average Bonchev–Trinajstić information content (AvgIpc) is 3.18. The van der Waals surface area contributed by atoms with Gasteiger partial charge in [-0.05, 0) is 48.7 Å². The first-order valence-electron chi connectivity index (χ1n) is 10.5. The number of imidazole rings is 1. The lowest BCUT2D eigenvalue weighted by molar-refractivity contribution is -0.465. The number of methoxy groups -OCH3 is 2. The zero-order chi connectivity index (χ0) is 22.0. The van der Waals surface area contributed by atoms with E-state index in [9.17, 15) is 5.26 Å². The summed E-state index contributed by atoms with van der Waals surface area (Å²) in [6, 6.07) is 16.5. The van der Waals surface area contributed by atoms with Gasteiger partial charge in [-0.1, -0.05) is 25.1 Å². The van der Waals surface area contributed by atoms with Crippen LogP contribution in [0, 0.1) is 18.3 Å². The van der Waals surface area contributed by atoms with E-state index in [0.29, 0.717) is 5.56 Å². The predicted octanol–water partition coefficient (Wildman–Crippen LogP) is 4.32. The standard InChI is InChI=1S/C25H26N4O2/c1-5-18-16(2)19(15-26)25-28-20-8-6-7-9-21(20)29(25)24(18)27-13-12-17-10-11-22(30-3)23(14-17)31-4/h6-11,14H,5,12-13H2,1-4H3,(H,27,28)/p+1. The van der Waals surface area contributed by atoms with Gasteiger partial charge < -0.3 is 14.8 Å². The molecule has 2 aromatic carbocycles. The topological polar surface area (TPSA) is 74.2 Å². The third-order valence-corrected chi connectivity index (χ3v) is 5.81. The fourth-order valence-electron chi connectivity index (χ4n) is 4.24. The fourth-order valence-corrected chi connectivity index (χ4v) is 4.24. The van der Waals surface area contributed by atoms with E-state index in [2.05, 4.69) is 39.8 Å². The van der Waals surface area contributed by atoms with E-state index in [4.69, 9.17) is 9.47 Å². The van der Waals surface area contributed by atoms with Gasteiger partial charge in [0.15, 0.2) is 11.5 Å². The van der Waals surface area contributed by atoms with Crippen molar-refractivity contribution >= 4 is 22.5 Å². The molecule has 0 saturated heterocycles. The largest absolute Gasteiger partial charge is 0.493 e. The normalized spacial score (nSPS) is 10.9. The van der Waals surface area contributed by atoms with Gasteiger partial charge in [0.2, 0.25) is 11.5 Å². The Labute approximate surface area is 182 Å². The molecular formula is C25H27N4O2+. The van der Waals surface area contributed by atoms with Crippen LogP contribution in [0.1, 0.15) is 29.2 Å². The number of rotatable bonds is 7. The number of para-hydroxylation sites is 2. The molecule has 6 heteroatoms. The van der Waals surface area contributed by atoms with Crippen molar-refractivity contribution in [3.05, 3.63) is 64.7 Å². The molecule has 2 N–H and O–H groups in total. The number of nitriles is 1. The molecule has 6 nitrogen and oxygen atoms in total. The van der Waals surface area contributed by atoms with Crippen LogP contribution < -0.4 is 19.2 Å². The van der Waals surface area contributed by atoms with Crippen LogP contribution in [-0.2, 0) is 12.8 Å². The number of benzene rings is 2. The maximum absolute atomic E-state index is 9.84. The summed E-state index contributed by atoms with van der Waals surface area (Å²) in [6.45, 7) is 4.90. The number of hydrogen-bond acceptors (Lipinski definition) is 4. The van der Waals surface area contributed by atoms with Gasteiger partial charge in [0.05, 0.1) is 20.8 Å². The molecule has 0 unspecified atom stereocenters. The van der Waals surface area contributed by atoms with E-state index in [1.54, 1.807) is 14.2 Å². The Kier molecular flexibility index (Phi) is 5.68. The van der Waals surface area contributed by atoms with E-state index in [0.717, 1.165) is 70.1 Å². The van der Waals surface area contributed by atoms with Gasteiger partial charge in [-0.15, -0.1) is 0 Å². The summed E-state index contributed by atoms with van der Waals surface area (Å²) in [4.78, 5) is 3.44. The lowest BCUT2D eigenvalue weighted by Crippen LogP contribution is -2.30. The van der Waals surface area contributed by atoms with Gasteiger partial charge >= 0.3 is 0 Å². The van der Waals surface area contributed by atoms with Gasteiger partial charge in [0.25, 0.3) is 0 Å². The van der Waals surface area contributed by atoms with Crippen LogP contribution in [0.5, 0.6) is 11.5 Å². The van der Waals surface area contributed by atoms with Crippen molar-refractivity contribution in [1.29, 1.82) is 5.26 Å². The smallest absolute Gasteiger partial charge is 0.250 e. The van der Waals surface area contributed by atoms with E-state index in [-0.39, 0.29) is 0 Å². The first-order chi connectivity index (χ1) is 15.1. The molecule has 0 atom stereocenters. The Morgan fingerprint density at radius 3 is 2.58 bits per heavy atom. The number of hydrogen-bond donors (Lipinski definition) is 2. The molecule has 0 amide bonds. The summed E-state index contributed by atoms with van der Waals surface area (Å²) in [6.07, 6.45) is 1.66. The first kappa shape index (κ1) is 20.5. The van der Waals surface area contributed by atoms with E-state index < -0.39 is 0 Å². The second-order valence-electron chi connectivity index (χ2n) is 7.48. The molecule has 0 bridgehead atoms. The van der Waals surface area contributed by atoms with Crippen molar-refractivity contribution in [3.8, 4) is 17.6 Å². The lowest BCUT2D eigenvalue weighted by Gasteiger charge is -2.13. The Hall–Kier alpha value is -3.72. The number of fused-ring (bicyclic) bond motifs is 3. The Morgan fingerprint density at radius 2 is 1.87 bits per heavy atom. The lowest BCUT2D eigenvalue weighted by atomic mass is 10.0. The summed E-state index contributed by atoms with van der Waals surface area (Å²) >= 11 is 0. The first-order valence-corrected chi connectivity index (χ1v) is 10.5. The minimum atomic E-state index is 0.693. The summed E-state index contributed by atoms with van der Waals surface area (Å²) in [7, 11) is 3.29. The van der Waals surface area contributed by atoms with Crippen LogP contribution in [0.3, 0.4) is 0 Å². The fraction of sp³-hybridized carbons (Fsp3) is 0.280. The van der Waals surface area contributed by atoms with Gasteiger partial charge in [-0.25, -0.2) is 0 Å². The highest BCUT2D eigenvalue weighted by molar-refractivity contribution is 5.78. The maximum atomic E-state index is 9.84. The molecule has 2 heterocycles. The molecule has 0 aliphatic heterocycles. The number of aromatic amines is 1. The number of nitrogens with zero attached hydrogens (tertiary/aromatic N) is 2. The summed E-state index contributed by atoms with van der Waals surface area (Å²) in [5, 5.41) is 13.5. The maximum Gasteiger partial charge on any atom is 0.250 e. The third kappa shape index (κ3) is 3.53. The summed E-state index contributed by atoms with van der Waals surface area (Å²) in [5.74, 6) is 2.50. The zero-order valence-electron chi connectivity index (χ0n) is 18.4. The molecule has 0 fully saturated rings. The van der Waals surface area contributed by atoms with Crippen molar-refractivity contribution in [2.24, 2.45) is 0 Å². The molecule has 31 heavy (non-hydrogen) atoms. The summed E-state index contributed by atoms with van der Waals surface area (Å²) in [5.41, 5.74) is 6.92. The Balaban J connectivity index is 1.74. The minimum absolute atomic E-state index is 0.693. The van der Waals surface area contributed by atoms with Crippen LogP contribution in [0.25, 0.3) is 16.7 Å². The highest BCUT2D eigenvalue weighted by atomic mass is 16.5. The van der Waals surface area contributed by atoms with Crippen LogP contribution >= 0.6 is 0 Å². The Morgan fingerprint density at radius 1 is 1.10 bits per heavy atom. The van der Waals surface area contributed by atoms with Crippen molar-refractivity contribution in [2.75, 3.05) is 26.1 Å². The second kappa shape index (κ2) is 8.57. The Bertz CT molecular complexity index is 1300. The quantitative estimate of drug-likeness (QED) is 0.441. The molecule has 158 valence electrons. The van der Waals surface area contributed by atoms with Gasteiger partial charge in [0.1, 0.15) is 22.7 Å². The molecule has 0 spiro atoms. The number of aromatic nitrogens is 2. The van der Waals surface area contributed by atoms with Crippen molar-refractivity contribution in [3.63, 3.8) is 0 Å². The highest BCUT2D eigenvalue weighted by Gasteiger charge is 2.24. The molecule has 0 saturated carbocycles. The molecule has 4 rings (SSSR count). The molecule has 0 radical (unpaired) electrons.